The number of unbranched alkanes of at least 4 members (excludes halogenated alkanes) is 13. The molecule has 1 heterocycles. The number of Topliss-reactive ketones (excluding diaryl/α,β-unsaturated/α-hetero) is 1. The molecule has 11 heteroatoms. The fraction of sp³-hybridized carbons (Fsp3) is 0.415. The molecule has 4 rings (SSSR count). The SMILES string of the molecule is CCCCCCCCCCCCCCCCOC(=O)c1ccc(Cl)c(NC(=O)C(=Cn2nc3ccc(C(=O)Oc4ccccc4)cc3n2)C(C)=O)c1. The van der Waals surface area contributed by atoms with E-state index in [0.717, 1.165) is 24.1 Å². The Morgan fingerprint density at radius 3 is 1.92 bits per heavy atom. The van der Waals surface area contributed by atoms with Crippen molar-refractivity contribution in [3.63, 3.8) is 0 Å². The monoisotopic (exact) mass is 728 g/mol. The molecule has 0 atom stereocenters. The maximum absolute atomic E-state index is 13.2. The molecule has 0 fully saturated rings. The van der Waals surface area contributed by atoms with Crippen molar-refractivity contribution >= 4 is 58.2 Å². The normalized spacial score (nSPS) is 11.4. The van der Waals surface area contributed by atoms with E-state index in [2.05, 4.69) is 22.4 Å². The van der Waals surface area contributed by atoms with Gasteiger partial charge in [0.15, 0.2) is 5.78 Å². The molecule has 0 aliphatic rings. The van der Waals surface area contributed by atoms with Gasteiger partial charge in [0, 0.05) is 0 Å². The molecule has 0 aliphatic heterocycles. The van der Waals surface area contributed by atoms with Gasteiger partial charge >= 0.3 is 11.9 Å². The molecular weight excluding hydrogens is 680 g/mol. The van der Waals surface area contributed by atoms with Crippen LogP contribution in [0.25, 0.3) is 17.2 Å². The van der Waals surface area contributed by atoms with Crippen molar-refractivity contribution in [2.75, 3.05) is 11.9 Å². The van der Waals surface area contributed by atoms with Crippen LogP contribution in [0.2, 0.25) is 5.02 Å². The van der Waals surface area contributed by atoms with Crippen LogP contribution in [0.3, 0.4) is 0 Å². The summed E-state index contributed by atoms with van der Waals surface area (Å²) in [5.41, 5.74) is 1.14. The Kier molecular flexibility index (Phi) is 16.5. The third kappa shape index (κ3) is 13.1. The molecule has 0 aliphatic carbocycles. The number of carbonyl (C=O) groups is 4. The first-order valence-electron chi connectivity index (χ1n) is 18.4. The number of halogens is 1. The Labute approximate surface area is 310 Å². The smallest absolute Gasteiger partial charge is 0.343 e. The number of carbonyl (C=O) groups excluding carboxylic acids is 4. The Morgan fingerprint density at radius 1 is 0.712 bits per heavy atom. The molecule has 0 saturated heterocycles. The van der Waals surface area contributed by atoms with Crippen molar-refractivity contribution < 1.29 is 28.7 Å². The largest absolute Gasteiger partial charge is 0.462 e. The number of anilines is 1. The molecule has 0 unspecified atom stereocenters. The van der Waals surface area contributed by atoms with Crippen LogP contribution in [0.4, 0.5) is 5.69 Å². The molecule has 0 bridgehead atoms. The van der Waals surface area contributed by atoms with Crippen molar-refractivity contribution in [2.24, 2.45) is 0 Å². The van der Waals surface area contributed by atoms with Gasteiger partial charge in [-0.15, -0.1) is 10.2 Å². The summed E-state index contributed by atoms with van der Waals surface area (Å²) in [7, 11) is 0. The zero-order valence-electron chi connectivity index (χ0n) is 30.2. The van der Waals surface area contributed by atoms with Crippen LogP contribution in [0.5, 0.6) is 5.75 Å². The highest BCUT2D eigenvalue weighted by atomic mass is 35.5. The fourth-order valence-electron chi connectivity index (χ4n) is 5.68. The molecule has 3 aromatic carbocycles. The van der Waals surface area contributed by atoms with Crippen LogP contribution in [-0.2, 0) is 14.3 Å². The first kappa shape index (κ1) is 39.9. The van der Waals surface area contributed by atoms with Crippen LogP contribution in [0, 0.1) is 0 Å². The number of benzene rings is 3. The summed E-state index contributed by atoms with van der Waals surface area (Å²) >= 11 is 6.34. The Morgan fingerprint density at radius 2 is 1.29 bits per heavy atom. The van der Waals surface area contributed by atoms with Gasteiger partial charge in [0.2, 0.25) is 0 Å². The van der Waals surface area contributed by atoms with Gasteiger partial charge in [-0.25, -0.2) is 9.59 Å². The average molecular weight is 729 g/mol. The first-order chi connectivity index (χ1) is 25.2. The second-order valence-electron chi connectivity index (χ2n) is 12.9. The maximum atomic E-state index is 13.2. The van der Waals surface area contributed by atoms with Gasteiger partial charge in [0.25, 0.3) is 5.91 Å². The lowest BCUT2D eigenvalue weighted by Gasteiger charge is -2.11. The number of fused-ring (bicyclic) bond motifs is 1. The van der Waals surface area contributed by atoms with E-state index < -0.39 is 23.6 Å². The van der Waals surface area contributed by atoms with Crippen molar-refractivity contribution in [3.05, 3.63) is 88.5 Å². The van der Waals surface area contributed by atoms with Crippen LogP contribution in [0.1, 0.15) is 124 Å². The predicted molar refractivity (Wildman–Crippen MR) is 205 cm³/mol. The number of hydrogen-bond donors (Lipinski definition) is 1. The number of para-hydroxylation sites is 1. The molecular formula is C41H49ClN4O6. The summed E-state index contributed by atoms with van der Waals surface area (Å²) in [5, 5.41) is 11.4. The Hall–Kier alpha value is -4.83. The molecule has 1 aromatic heterocycles. The van der Waals surface area contributed by atoms with E-state index in [1.807, 2.05) is 6.07 Å². The zero-order valence-corrected chi connectivity index (χ0v) is 31.0. The number of ketones is 1. The minimum atomic E-state index is -0.768. The van der Waals surface area contributed by atoms with E-state index >= 15 is 0 Å². The fourth-order valence-corrected chi connectivity index (χ4v) is 5.84. The van der Waals surface area contributed by atoms with Gasteiger partial charge < -0.3 is 14.8 Å². The van der Waals surface area contributed by atoms with Gasteiger partial charge in [0.05, 0.1) is 34.6 Å². The number of nitrogens with zero attached hydrogens (tertiary/aromatic N) is 3. The third-order valence-corrected chi connectivity index (χ3v) is 8.96. The van der Waals surface area contributed by atoms with Gasteiger partial charge in [0.1, 0.15) is 22.4 Å². The average Bonchev–Trinajstić information content (AvgIpc) is 3.55. The molecule has 0 saturated carbocycles. The molecule has 1 amide bonds. The summed E-state index contributed by atoms with van der Waals surface area (Å²) in [6, 6.07) is 17.7. The third-order valence-electron chi connectivity index (χ3n) is 8.64. The highest BCUT2D eigenvalue weighted by Gasteiger charge is 2.19. The van der Waals surface area contributed by atoms with Gasteiger partial charge in [-0.05, 0) is 61.9 Å². The van der Waals surface area contributed by atoms with Crippen LogP contribution in [0.15, 0.2) is 72.3 Å². The number of esters is 2. The van der Waals surface area contributed by atoms with E-state index in [0.29, 0.717) is 23.4 Å². The minimum Gasteiger partial charge on any atom is -0.462 e. The van der Waals surface area contributed by atoms with Gasteiger partial charge in [-0.2, -0.15) is 4.80 Å². The number of ether oxygens (including phenoxy) is 2. The van der Waals surface area contributed by atoms with Crippen molar-refractivity contribution in [3.8, 4) is 5.75 Å². The quantitative estimate of drug-likeness (QED) is 0.0211. The van der Waals surface area contributed by atoms with Crippen molar-refractivity contribution in [2.45, 2.75) is 104 Å². The first-order valence-corrected chi connectivity index (χ1v) is 18.8. The molecule has 10 nitrogen and oxygen atoms in total. The second-order valence-corrected chi connectivity index (χ2v) is 13.3. The van der Waals surface area contributed by atoms with Gasteiger partial charge in [-0.3, -0.25) is 9.59 Å². The number of rotatable bonds is 22. The molecule has 4 aromatic rings. The zero-order chi connectivity index (χ0) is 37.1. The number of nitrogens with one attached hydrogen (secondary N) is 1. The topological polar surface area (TPSA) is 129 Å². The van der Waals surface area contributed by atoms with Crippen molar-refractivity contribution in [1.29, 1.82) is 0 Å². The lowest BCUT2D eigenvalue weighted by Crippen LogP contribution is -2.20. The van der Waals surface area contributed by atoms with Crippen LogP contribution >= 0.6 is 11.6 Å². The van der Waals surface area contributed by atoms with Crippen molar-refractivity contribution in [1.82, 2.24) is 15.0 Å². The molecule has 1 N–H and O–H groups in total. The summed E-state index contributed by atoms with van der Waals surface area (Å²) in [6.07, 6.45) is 18.6. The second kappa shape index (κ2) is 21.5. The highest BCUT2D eigenvalue weighted by Crippen LogP contribution is 2.25. The number of aromatic nitrogens is 3. The summed E-state index contributed by atoms with van der Waals surface area (Å²) < 4.78 is 10.9. The van der Waals surface area contributed by atoms with E-state index in [9.17, 15) is 19.2 Å². The van der Waals surface area contributed by atoms with Crippen LogP contribution in [-0.4, -0.2) is 45.2 Å². The summed E-state index contributed by atoms with van der Waals surface area (Å²) in [6.45, 7) is 3.79. The standard InChI is InChI=1S/C41H49ClN4O6/c1-3-4-5-6-7-8-9-10-11-12-13-14-15-19-26-51-40(49)31-22-24-35(42)37(27-31)43-39(48)34(30(2)47)29-46-44-36-25-23-32(28-38(36)45-46)41(50)52-33-20-17-16-18-21-33/h16-18,20-25,27-29H,3-15,19,26H2,1-2H3,(H,43,48). The lowest BCUT2D eigenvalue weighted by atomic mass is 10.0. The minimum absolute atomic E-state index is 0.143. The van der Waals surface area contributed by atoms with E-state index in [1.54, 1.807) is 36.4 Å². The molecule has 0 spiro atoms. The van der Waals surface area contributed by atoms with E-state index in [4.69, 9.17) is 21.1 Å². The van der Waals surface area contributed by atoms with Gasteiger partial charge in [-0.1, -0.05) is 120 Å². The lowest BCUT2D eigenvalue weighted by molar-refractivity contribution is -0.118. The maximum Gasteiger partial charge on any atom is 0.343 e. The van der Waals surface area contributed by atoms with Crippen LogP contribution < -0.4 is 10.1 Å². The molecule has 276 valence electrons. The Bertz CT molecular complexity index is 1820. The molecule has 52 heavy (non-hydrogen) atoms. The molecule has 0 radical (unpaired) electrons. The number of hydrogen-bond acceptors (Lipinski definition) is 8. The highest BCUT2D eigenvalue weighted by molar-refractivity contribution is 6.35. The summed E-state index contributed by atoms with van der Waals surface area (Å²) in [4.78, 5) is 52.2. The number of amides is 1. The van der Waals surface area contributed by atoms with E-state index in [1.165, 1.54) is 108 Å². The predicted octanol–water partition coefficient (Wildman–Crippen LogP) is 10.0. The Balaban J connectivity index is 1.24. The van der Waals surface area contributed by atoms with E-state index in [-0.39, 0.29) is 27.4 Å². The summed E-state index contributed by atoms with van der Waals surface area (Å²) in [5.74, 6) is -2.01.